The van der Waals surface area contributed by atoms with Crippen LogP contribution in [0.2, 0.25) is 0 Å². The van der Waals surface area contributed by atoms with Crippen molar-refractivity contribution in [1.29, 1.82) is 0 Å². The molecule has 2 heterocycles. The second-order valence-electron chi connectivity index (χ2n) is 5.94. The van der Waals surface area contributed by atoms with Crippen LogP contribution in [-0.4, -0.2) is 14.6 Å². The van der Waals surface area contributed by atoms with Crippen molar-refractivity contribution < 1.29 is 0 Å². The van der Waals surface area contributed by atoms with Gasteiger partial charge in [0.1, 0.15) is 4.64 Å². The SMILES string of the molecule is S=c1c2c(nc3cc(C4CCCC4)[nH]n13)CCCC2. The van der Waals surface area contributed by atoms with Gasteiger partial charge in [-0.3, -0.25) is 5.10 Å². The van der Waals surface area contributed by atoms with Crippen LogP contribution in [-0.2, 0) is 12.8 Å². The highest BCUT2D eigenvalue weighted by atomic mass is 32.1. The largest absolute Gasteiger partial charge is 0.295 e. The van der Waals surface area contributed by atoms with Gasteiger partial charge in [-0.2, -0.15) is 0 Å². The Hall–Kier alpha value is -1.16. The quantitative estimate of drug-likeness (QED) is 0.799. The van der Waals surface area contributed by atoms with Crippen LogP contribution in [0.3, 0.4) is 0 Å². The van der Waals surface area contributed by atoms with E-state index in [9.17, 15) is 0 Å². The molecule has 1 N–H and O–H groups in total. The first kappa shape index (κ1) is 11.6. The second kappa shape index (κ2) is 4.44. The molecule has 100 valence electrons. The lowest BCUT2D eigenvalue weighted by atomic mass is 9.97. The maximum Gasteiger partial charge on any atom is 0.154 e. The topological polar surface area (TPSA) is 33.1 Å². The van der Waals surface area contributed by atoms with Crippen LogP contribution < -0.4 is 0 Å². The zero-order valence-corrected chi connectivity index (χ0v) is 11.9. The van der Waals surface area contributed by atoms with Crippen molar-refractivity contribution in [2.75, 3.05) is 0 Å². The molecule has 1 fully saturated rings. The number of H-pyrrole nitrogens is 1. The zero-order chi connectivity index (χ0) is 12.8. The van der Waals surface area contributed by atoms with Crippen molar-refractivity contribution in [3.05, 3.63) is 27.7 Å². The summed E-state index contributed by atoms with van der Waals surface area (Å²) in [4.78, 5) is 4.83. The molecule has 0 radical (unpaired) electrons. The third kappa shape index (κ3) is 1.84. The number of hydrogen-bond acceptors (Lipinski definition) is 2. The van der Waals surface area contributed by atoms with Gasteiger partial charge in [-0.1, -0.05) is 25.1 Å². The predicted octanol–water partition coefficient (Wildman–Crippen LogP) is 3.93. The van der Waals surface area contributed by atoms with Crippen molar-refractivity contribution in [3.63, 3.8) is 0 Å². The highest BCUT2D eigenvalue weighted by Gasteiger charge is 2.21. The average molecular weight is 273 g/mol. The molecule has 3 nitrogen and oxygen atoms in total. The molecule has 0 bridgehead atoms. The van der Waals surface area contributed by atoms with Gasteiger partial charge < -0.3 is 0 Å². The average Bonchev–Trinajstić information content (AvgIpc) is 3.07. The van der Waals surface area contributed by atoms with Crippen LogP contribution in [0.5, 0.6) is 0 Å². The smallest absolute Gasteiger partial charge is 0.154 e. The normalized spacial score (nSPS) is 20.0. The first-order valence-electron chi connectivity index (χ1n) is 7.46. The number of hydrogen-bond donors (Lipinski definition) is 1. The summed E-state index contributed by atoms with van der Waals surface area (Å²) in [6.45, 7) is 0. The molecular weight excluding hydrogens is 254 g/mol. The van der Waals surface area contributed by atoms with Crippen LogP contribution in [0.1, 0.15) is 61.4 Å². The second-order valence-corrected chi connectivity index (χ2v) is 6.32. The molecule has 4 heteroatoms. The van der Waals surface area contributed by atoms with E-state index in [0.717, 1.165) is 23.1 Å². The highest BCUT2D eigenvalue weighted by molar-refractivity contribution is 7.71. The number of aryl methyl sites for hydroxylation is 1. The third-order valence-corrected chi connectivity index (χ3v) is 5.13. The molecule has 0 atom stereocenters. The van der Waals surface area contributed by atoms with Gasteiger partial charge in [0.2, 0.25) is 0 Å². The van der Waals surface area contributed by atoms with E-state index in [1.165, 1.54) is 55.5 Å². The molecule has 4 rings (SSSR count). The van der Waals surface area contributed by atoms with E-state index in [0.29, 0.717) is 5.92 Å². The molecule has 2 aliphatic carbocycles. The Morgan fingerprint density at radius 2 is 1.95 bits per heavy atom. The van der Waals surface area contributed by atoms with E-state index >= 15 is 0 Å². The van der Waals surface area contributed by atoms with E-state index < -0.39 is 0 Å². The minimum absolute atomic E-state index is 0.688. The summed E-state index contributed by atoms with van der Waals surface area (Å²) in [5.41, 5.74) is 4.90. The van der Waals surface area contributed by atoms with Crippen molar-refractivity contribution in [1.82, 2.24) is 14.6 Å². The molecule has 0 unspecified atom stereocenters. The van der Waals surface area contributed by atoms with Crippen molar-refractivity contribution >= 4 is 17.9 Å². The lowest BCUT2D eigenvalue weighted by molar-refractivity contribution is 0.650. The summed E-state index contributed by atoms with van der Waals surface area (Å²) in [7, 11) is 0. The minimum Gasteiger partial charge on any atom is -0.295 e. The van der Waals surface area contributed by atoms with E-state index in [1.54, 1.807) is 0 Å². The summed E-state index contributed by atoms with van der Waals surface area (Å²) >= 11 is 5.66. The van der Waals surface area contributed by atoms with Gasteiger partial charge in [0.05, 0.1) is 0 Å². The molecule has 2 aromatic rings. The van der Waals surface area contributed by atoms with E-state index in [1.807, 2.05) is 4.52 Å². The first-order valence-corrected chi connectivity index (χ1v) is 7.87. The monoisotopic (exact) mass is 273 g/mol. The molecule has 2 aromatic heterocycles. The summed E-state index contributed by atoms with van der Waals surface area (Å²) in [5, 5.41) is 3.51. The number of nitrogens with one attached hydrogen (secondary N) is 1. The predicted molar refractivity (Wildman–Crippen MR) is 78.2 cm³/mol. The van der Waals surface area contributed by atoms with Crippen LogP contribution >= 0.6 is 12.2 Å². The molecule has 0 aromatic carbocycles. The molecular formula is C15H19N3S. The zero-order valence-electron chi connectivity index (χ0n) is 11.1. The van der Waals surface area contributed by atoms with E-state index in [4.69, 9.17) is 17.2 Å². The molecule has 0 amide bonds. The minimum atomic E-state index is 0.688. The van der Waals surface area contributed by atoms with Crippen molar-refractivity contribution in [3.8, 4) is 0 Å². The van der Waals surface area contributed by atoms with Crippen LogP contribution in [0, 0.1) is 4.64 Å². The van der Waals surface area contributed by atoms with Gasteiger partial charge in [0.25, 0.3) is 0 Å². The van der Waals surface area contributed by atoms with Gasteiger partial charge in [-0.05, 0) is 38.5 Å². The van der Waals surface area contributed by atoms with Crippen molar-refractivity contribution in [2.45, 2.75) is 57.3 Å². The Kier molecular flexibility index (Phi) is 2.72. The summed E-state index contributed by atoms with van der Waals surface area (Å²) in [6.07, 6.45) is 10.0. The van der Waals surface area contributed by atoms with Gasteiger partial charge in [0, 0.05) is 28.9 Å². The summed E-state index contributed by atoms with van der Waals surface area (Å²) in [5.74, 6) is 0.688. The lowest BCUT2D eigenvalue weighted by Crippen LogP contribution is -2.09. The van der Waals surface area contributed by atoms with Gasteiger partial charge in [0.15, 0.2) is 5.65 Å². The fraction of sp³-hybridized carbons (Fsp3) is 0.600. The molecule has 0 aliphatic heterocycles. The summed E-state index contributed by atoms with van der Waals surface area (Å²) in [6, 6.07) is 2.22. The maximum absolute atomic E-state index is 5.66. The molecule has 1 saturated carbocycles. The van der Waals surface area contributed by atoms with Gasteiger partial charge in [-0.25, -0.2) is 9.50 Å². The number of rotatable bonds is 1. The number of nitrogens with zero attached hydrogens (tertiary/aromatic N) is 2. The van der Waals surface area contributed by atoms with Crippen LogP contribution in [0.4, 0.5) is 0 Å². The Morgan fingerprint density at radius 1 is 1.16 bits per heavy atom. The van der Waals surface area contributed by atoms with Gasteiger partial charge in [-0.15, -0.1) is 0 Å². The molecule has 2 aliphatic rings. The Morgan fingerprint density at radius 3 is 2.79 bits per heavy atom. The Balaban J connectivity index is 1.88. The summed E-state index contributed by atoms with van der Waals surface area (Å²) < 4.78 is 3.00. The van der Waals surface area contributed by atoms with Crippen molar-refractivity contribution in [2.24, 2.45) is 0 Å². The maximum atomic E-state index is 5.66. The van der Waals surface area contributed by atoms with Gasteiger partial charge >= 0.3 is 0 Å². The fourth-order valence-corrected chi connectivity index (χ4v) is 3.98. The number of aromatic amines is 1. The molecule has 0 saturated heterocycles. The van der Waals surface area contributed by atoms with Crippen LogP contribution in [0.25, 0.3) is 5.65 Å². The van der Waals surface area contributed by atoms with E-state index in [2.05, 4.69) is 11.2 Å². The molecule has 0 spiro atoms. The highest BCUT2D eigenvalue weighted by Crippen LogP contribution is 2.34. The standard InChI is InChI=1S/C15H19N3S/c19-15-11-7-3-4-8-12(11)16-14-9-13(17-18(14)15)10-5-1-2-6-10/h9-10,17H,1-8H2. The Labute approximate surface area is 118 Å². The Bertz CT molecular complexity index is 676. The van der Waals surface area contributed by atoms with Crippen LogP contribution in [0.15, 0.2) is 6.07 Å². The lowest BCUT2D eigenvalue weighted by Gasteiger charge is -2.14. The first-order chi connectivity index (χ1) is 9.33. The molecule has 19 heavy (non-hydrogen) atoms. The fourth-order valence-electron chi connectivity index (χ4n) is 3.62. The number of aromatic nitrogens is 3. The van der Waals surface area contributed by atoms with E-state index in [-0.39, 0.29) is 0 Å². The number of fused-ring (bicyclic) bond motifs is 2. The third-order valence-electron chi connectivity index (χ3n) is 4.70.